The number of nitrogens with zero attached hydrogens (tertiary/aromatic N) is 2. The van der Waals surface area contributed by atoms with Crippen LogP contribution in [-0.4, -0.2) is 22.1 Å². The van der Waals surface area contributed by atoms with Crippen LogP contribution < -0.4 is 5.32 Å². The molecule has 2 aromatic heterocycles. The fraction of sp³-hybridized carbons (Fsp3) is 0.278. The second-order valence-corrected chi connectivity index (χ2v) is 8.45. The average molecular weight is 390 g/mol. The van der Waals surface area contributed by atoms with E-state index >= 15 is 0 Å². The Morgan fingerprint density at radius 2 is 1.92 bits per heavy atom. The number of thiazole rings is 2. The van der Waals surface area contributed by atoms with Crippen molar-refractivity contribution in [3.8, 4) is 11.3 Å². The third-order valence-corrected chi connectivity index (χ3v) is 6.24. The molecule has 0 atom stereocenters. The third kappa shape index (κ3) is 4.68. The van der Waals surface area contributed by atoms with Gasteiger partial charge in [0.25, 0.3) is 0 Å². The minimum Gasteiger partial charge on any atom is -0.302 e. The van der Waals surface area contributed by atoms with Crippen LogP contribution in [0.1, 0.15) is 30.5 Å². The molecule has 0 bridgehead atoms. The number of carbonyl (C=O) groups is 1. The van der Waals surface area contributed by atoms with Crippen molar-refractivity contribution in [1.82, 2.24) is 9.97 Å². The Morgan fingerprint density at radius 1 is 1.16 bits per heavy atom. The van der Waals surface area contributed by atoms with E-state index in [0.717, 1.165) is 22.0 Å². The normalized spacial score (nSPS) is 11.0. The van der Waals surface area contributed by atoms with E-state index in [9.17, 15) is 4.79 Å². The zero-order valence-electron chi connectivity index (χ0n) is 14.3. The van der Waals surface area contributed by atoms with E-state index in [0.29, 0.717) is 11.0 Å². The number of aromatic nitrogens is 2. The van der Waals surface area contributed by atoms with E-state index < -0.39 is 0 Å². The van der Waals surface area contributed by atoms with Crippen LogP contribution >= 0.6 is 34.4 Å². The molecule has 1 amide bonds. The summed E-state index contributed by atoms with van der Waals surface area (Å²) in [5, 5.41) is 8.47. The molecule has 1 aromatic carbocycles. The molecule has 4 nitrogen and oxygen atoms in total. The standard InChI is InChI=1S/C18H19N3OS3/c1-11(2)17-19-13(9-24-17)8-16(22)21-18-20-15(10-25-18)12-4-6-14(23-3)7-5-12/h4-7,9-11H,8H2,1-3H3,(H,20,21,22). The summed E-state index contributed by atoms with van der Waals surface area (Å²) in [6, 6.07) is 8.25. The molecule has 0 radical (unpaired) electrons. The first-order valence-electron chi connectivity index (χ1n) is 7.89. The van der Waals surface area contributed by atoms with E-state index in [1.807, 2.05) is 10.8 Å². The summed E-state index contributed by atoms with van der Waals surface area (Å²) in [6.45, 7) is 4.21. The molecule has 0 saturated heterocycles. The quantitative estimate of drug-likeness (QED) is 0.582. The van der Waals surface area contributed by atoms with Crippen molar-refractivity contribution in [2.24, 2.45) is 0 Å². The van der Waals surface area contributed by atoms with E-state index in [1.165, 1.54) is 16.2 Å². The second kappa shape index (κ2) is 8.12. The number of anilines is 1. The van der Waals surface area contributed by atoms with Crippen molar-refractivity contribution < 1.29 is 4.79 Å². The number of rotatable bonds is 6. The maximum absolute atomic E-state index is 12.2. The van der Waals surface area contributed by atoms with Gasteiger partial charge in [-0.25, -0.2) is 9.97 Å². The molecule has 3 aromatic rings. The van der Waals surface area contributed by atoms with Crippen molar-refractivity contribution in [2.45, 2.75) is 31.1 Å². The van der Waals surface area contributed by atoms with E-state index in [-0.39, 0.29) is 12.3 Å². The Labute approximate surface area is 159 Å². The lowest BCUT2D eigenvalue weighted by atomic mass is 10.2. The maximum Gasteiger partial charge on any atom is 0.232 e. The minimum atomic E-state index is -0.0840. The van der Waals surface area contributed by atoms with Gasteiger partial charge in [0.2, 0.25) is 5.91 Å². The number of carbonyl (C=O) groups excluding carboxylic acids is 1. The highest BCUT2D eigenvalue weighted by molar-refractivity contribution is 7.98. The number of nitrogens with one attached hydrogen (secondary N) is 1. The van der Waals surface area contributed by atoms with Crippen molar-refractivity contribution in [3.05, 3.63) is 45.7 Å². The van der Waals surface area contributed by atoms with Crippen LogP contribution in [0.5, 0.6) is 0 Å². The lowest BCUT2D eigenvalue weighted by Gasteiger charge is -2.01. The van der Waals surface area contributed by atoms with Crippen molar-refractivity contribution in [2.75, 3.05) is 11.6 Å². The van der Waals surface area contributed by atoms with Crippen LogP contribution in [0.2, 0.25) is 0 Å². The first kappa shape index (κ1) is 18.1. The molecule has 0 unspecified atom stereocenters. The van der Waals surface area contributed by atoms with Crippen LogP contribution in [0.15, 0.2) is 39.9 Å². The van der Waals surface area contributed by atoms with Crippen molar-refractivity contribution >= 4 is 45.5 Å². The molecule has 0 saturated carbocycles. The summed E-state index contributed by atoms with van der Waals surface area (Å²) >= 11 is 4.75. The summed E-state index contributed by atoms with van der Waals surface area (Å²) in [7, 11) is 0. The smallest absolute Gasteiger partial charge is 0.232 e. The SMILES string of the molecule is CSc1ccc(-c2csc(NC(=O)Cc3csc(C(C)C)n3)n2)cc1. The summed E-state index contributed by atoms with van der Waals surface area (Å²) < 4.78 is 0. The van der Waals surface area contributed by atoms with Crippen LogP contribution in [0, 0.1) is 0 Å². The van der Waals surface area contributed by atoms with Crippen molar-refractivity contribution in [3.63, 3.8) is 0 Å². The zero-order valence-corrected chi connectivity index (χ0v) is 16.7. The predicted octanol–water partition coefficient (Wildman–Crippen LogP) is 5.29. The molecule has 0 aliphatic carbocycles. The lowest BCUT2D eigenvalue weighted by molar-refractivity contribution is -0.115. The fourth-order valence-corrected chi connectivity index (χ4v) is 4.20. The molecule has 25 heavy (non-hydrogen) atoms. The molecule has 2 heterocycles. The Kier molecular flexibility index (Phi) is 5.88. The lowest BCUT2D eigenvalue weighted by Crippen LogP contribution is -2.14. The van der Waals surface area contributed by atoms with Gasteiger partial charge in [-0.3, -0.25) is 4.79 Å². The third-order valence-electron chi connectivity index (χ3n) is 3.54. The number of hydrogen-bond acceptors (Lipinski definition) is 6. The van der Waals surface area contributed by atoms with Gasteiger partial charge in [-0.15, -0.1) is 34.4 Å². The number of hydrogen-bond donors (Lipinski definition) is 1. The Balaban J connectivity index is 1.62. The van der Waals surface area contributed by atoms with Gasteiger partial charge in [-0.1, -0.05) is 26.0 Å². The first-order chi connectivity index (χ1) is 12.0. The first-order valence-corrected chi connectivity index (χ1v) is 10.9. The Morgan fingerprint density at radius 3 is 2.56 bits per heavy atom. The Hall–Kier alpha value is -1.70. The summed E-state index contributed by atoms with van der Waals surface area (Å²) in [6.07, 6.45) is 2.33. The Bertz CT molecular complexity index is 853. The highest BCUT2D eigenvalue weighted by Crippen LogP contribution is 2.27. The molecule has 1 N–H and O–H groups in total. The number of thioether (sulfide) groups is 1. The van der Waals surface area contributed by atoms with Crippen LogP contribution in [0.4, 0.5) is 5.13 Å². The topological polar surface area (TPSA) is 54.9 Å². The molecule has 0 fully saturated rings. The zero-order chi connectivity index (χ0) is 17.8. The molecule has 7 heteroatoms. The summed E-state index contributed by atoms with van der Waals surface area (Å²) in [4.78, 5) is 22.4. The molecule has 3 rings (SSSR count). The van der Waals surface area contributed by atoms with Gasteiger partial charge in [0.1, 0.15) is 0 Å². The fourth-order valence-electron chi connectivity index (χ4n) is 2.22. The van der Waals surface area contributed by atoms with E-state index in [1.54, 1.807) is 23.1 Å². The van der Waals surface area contributed by atoms with Gasteiger partial charge in [0.05, 0.1) is 22.8 Å². The predicted molar refractivity (Wildman–Crippen MR) is 108 cm³/mol. The van der Waals surface area contributed by atoms with Gasteiger partial charge in [-0.2, -0.15) is 0 Å². The van der Waals surface area contributed by atoms with Gasteiger partial charge in [-0.05, 0) is 18.4 Å². The highest BCUT2D eigenvalue weighted by atomic mass is 32.2. The summed E-state index contributed by atoms with van der Waals surface area (Å²) in [5.41, 5.74) is 2.75. The second-order valence-electron chi connectivity index (χ2n) is 5.82. The molecule has 130 valence electrons. The van der Waals surface area contributed by atoms with Crippen LogP contribution in [-0.2, 0) is 11.2 Å². The number of amides is 1. The molecule has 0 aliphatic heterocycles. The maximum atomic E-state index is 12.2. The minimum absolute atomic E-state index is 0.0840. The van der Waals surface area contributed by atoms with Gasteiger partial charge in [0.15, 0.2) is 5.13 Å². The monoisotopic (exact) mass is 389 g/mol. The van der Waals surface area contributed by atoms with Gasteiger partial charge in [0, 0.05) is 27.1 Å². The van der Waals surface area contributed by atoms with E-state index in [2.05, 4.69) is 59.7 Å². The highest BCUT2D eigenvalue weighted by Gasteiger charge is 2.12. The molecular weight excluding hydrogens is 370 g/mol. The largest absolute Gasteiger partial charge is 0.302 e. The van der Waals surface area contributed by atoms with Crippen LogP contribution in [0.3, 0.4) is 0 Å². The van der Waals surface area contributed by atoms with Gasteiger partial charge < -0.3 is 5.32 Å². The van der Waals surface area contributed by atoms with Crippen molar-refractivity contribution in [1.29, 1.82) is 0 Å². The van der Waals surface area contributed by atoms with Crippen LogP contribution in [0.25, 0.3) is 11.3 Å². The molecule has 0 spiro atoms. The van der Waals surface area contributed by atoms with Gasteiger partial charge >= 0.3 is 0 Å². The summed E-state index contributed by atoms with van der Waals surface area (Å²) in [5.74, 6) is 0.306. The molecular formula is C18H19N3OS3. The van der Waals surface area contributed by atoms with E-state index in [4.69, 9.17) is 0 Å². The average Bonchev–Trinajstić information content (AvgIpc) is 3.24. The number of benzene rings is 1. The molecule has 0 aliphatic rings.